The van der Waals surface area contributed by atoms with Crippen LogP contribution in [0.3, 0.4) is 0 Å². The lowest BCUT2D eigenvalue weighted by Crippen LogP contribution is -2.00. The Morgan fingerprint density at radius 1 is 1.26 bits per heavy atom. The number of ether oxygens (including phenoxy) is 1. The SMILES string of the molecule is CCOc1cncc(-c2cc(N)nc(C3CC3)n2)c1. The monoisotopic (exact) mass is 256 g/mol. The molecular formula is C14H16N4O. The van der Waals surface area contributed by atoms with Crippen LogP contribution < -0.4 is 10.5 Å². The molecule has 5 heteroatoms. The van der Waals surface area contributed by atoms with Gasteiger partial charge in [-0.1, -0.05) is 0 Å². The van der Waals surface area contributed by atoms with Gasteiger partial charge in [0.15, 0.2) is 0 Å². The number of rotatable bonds is 4. The van der Waals surface area contributed by atoms with Crippen molar-refractivity contribution in [3.63, 3.8) is 0 Å². The average molecular weight is 256 g/mol. The highest BCUT2D eigenvalue weighted by molar-refractivity contribution is 5.62. The molecule has 0 spiro atoms. The molecular weight excluding hydrogens is 240 g/mol. The maximum absolute atomic E-state index is 5.86. The molecule has 2 heterocycles. The van der Waals surface area contributed by atoms with Crippen molar-refractivity contribution in [1.29, 1.82) is 0 Å². The summed E-state index contributed by atoms with van der Waals surface area (Å²) in [7, 11) is 0. The number of nitrogens with zero attached hydrogens (tertiary/aromatic N) is 3. The average Bonchev–Trinajstić information content (AvgIpc) is 3.23. The number of pyridine rings is 1. The first-order valence-electron chi connectivity index (χ1n) is 6.49. The van der Waals surface area contributed by atoms with Gasteiger partial charge < -0.3 is 10.5 Å². The Labute approximate surface area is 111 Å². The number of anilines is 1. The highest BCUT2D eigenvalue weighted by atomic mass is 16.5. The fourth-order valence-corrected chi connectivity index (χ4v) is 1.96. The van der Waals surface area contributed by atoms with E-state index >= 15 is 0 Å². The minimum absolute atomic E-state index is 0.477. The lowest BCUT2D eigenvalue weighted by atomic mass is 10.2. The summed E-state index contributed by atoms with van der Waals surface area (Å²) in [5.41, 5.74) is 7.57. The summed E-state index contributed by atoms with van der Waals surface area (Å²) in [4.78, 5) is 13.0. The normalized spacial score (nSPS) is 14.4. The minimum atomic E-state index is 0.477. The molecule has 1 aliphatic carbocycles. The number of nitrogen functional groups attached to an aromatic ring is 1. The van der Waals surface area contributed by atoms with Crippen LogP contribution in [0, 0.1) is 0 Å². The molecule has 5 nitrogen and oxygen atoms in total. The van der Waals surface area contributed by atoms with Crippen LogP contribution >= 0.6 is 0 Å². The first-order valence-corrected chi connectivity index (χ1v) is 6.49. The van der Waals surface area contributed by atoms with Crippen LogP contribution in [-0.4, -0.2) is 21.6 Å². The molecule has 1 aliphatic rings. The molecule has 0 amide bonds. The van der Waals surface area contributed by atoms with Crippen molar-refractivity contribution in [2.45, 2.75) is 25.7 Å². The van der Waals surface area contributed by atoms with Crippen LogP contribution in [-0.2, 0) is 0 Å². The van der Waals surface area contributed by atoms with Gasteiger partial charge in [0.05, 0.1) is 18.5 Å². The van der Waals surface area contributed by atoms with Crippen molar-refractivity contribution >= 4 is 5.82 Å². The summed E-state index contributed by atoms with van der Waals surface area (Å²) < 4.78 is 5.45. The van der Waals surface area contributed by atoms with E-state index in [0.717, 1.165) is 35.7 Å². The van der Waals surface area contributed by atoms with Crippen molar-refractivity contribution in [2.75, 3.05) is 12.3 Å². The van der Waals surface area contributed by atoms with Gasteiger partial charge in [-0.15, -0.1) is 0 Å². The molecule has 98 valence electrons. The Kier molecular flexibility index (Phi) is 3.03. The quantitative estimate of drug-likeness (QED) is 0.909. The Morgan fingerprint density at radius 2 is 2.11 bits per heavy atom. The summed E-state index contributed by atoms with van der Waals surface area (Å²) in [6, 6.07) is 3.70. The molecule has 0 bridgehead atoms. The van der Waals surface area contributed by atoms with E-state index in [-0.39, 0.29) is 0 Å². The second kappa shape index (κ2) is 4.84. The highest BCUT2D eigenvalue weighted by Gasteiger charge is 2.27. The molecule has 0 radical (unpaired) electrons. The Bertz CT molecular complexity index is 596. The van der Waals surface area contributed by atoms with E-state index < -0.39 is 0 Å². The Hall–Kier alpha value is -2.17. The largest absolute Gasteiger partial charge is 0.492 e. The molecule has 2 N–H and O–H groups in total. The fraction of sp³-hybridized carbons (Fsp3) is 0.357. The minimum Gasteiger partial charge on any atom is -0.492 e. The predicted molar refractivity (Wildman–Crippen MR) is 72.8 cm³/mol. The first kappa shape index (κ1) is 11.9. The van der Waals surface area contributed by atoms with Crippen LogP contribution in [0.15, 0.2) is 24.5 Å². The number of aromatic nitrogens is 3. The standard InChI is InChI=1S/C14H16N4O/c1-2-19-11-5-10(7-16-8-11)12-6-13(15)18-14(17-12)9-3-4-9/h5-9H,2-4H2,1H3,(H2,15,17,18). The van der Waals surface area contributed by atoms with Crippen molar-refractivity contribution < 1.29 is 4.74 Å². The Morgan fingerprint density at radius 3 is 2.84 bits per heavy atom. The van der Waals surface area contributed by atoms with E-state index in [1.54, 1.807) is 18.5 Å². The van der Waals surface area contributed by atoms with E-state index in [1.807, 2.05) is 13.0 Å². The van der Waals surface area contributed by atoms with Crippen molar-refractivity contribution in [1.82, 2.24) is 15.0 Å². The van der Waals surface area contributed by atoms with Crippen molar-refractivity contribution in [3.05, 3.63) is 30.4 Å². The van der Waals surface area contributed by atoms with Gasteiger partial charge in [-0.25, -0.2) is 9.97 Å². The maximum atomic E-state index is 5.86. The second-order valence-electron chi connectivity index (χ2n) is 4.65. The van der Waals surface area contributed by atoms with E-state index in [0.29, 0.717) is 18.3 Å². The molecule has 2 aromatic heterocycles. The van der Waals surface area contributed by atoms with Gasteiger partial charge in [-0.05, 0) is 25.8 Å². The van der Waals surface area contributed by atoms with E-state index in [1.165, 1.54) is 0 Å². The van der Waals surface area contributed by atoms with Gasteiger partial charge in [0, 0.05) is 23.7 Å². The summed E-state index contributed by atoms with van der Waals surface area (Å²) in [5, 5.41) is 0. The topological polar surface area (TPSA) is 73.9 Å². The summed E-state index contributed by atoms with van der Waals surface area (Å²) >= 11 is 0. The third kappa shape index (κ3) is 2.65. The molecule has 3 rings (SSSR count). The number of hydrogen-bond donors (Lipinski definition) is 1. The van der Waals surface area contributed by atoms with Gasteiger partial charge in [0.25, 0.3) is 0 Å². The number of nitrogens with two attached hydrogens (primary N) is 1. The van der Waals surface area contributed by atoms with Crippen molar-refractivity contribution in [3.8, 4) is 17.0 Å². The molecule has 0 aliphatic heterocycles. The highest BCUT2D eigenvalue weighted by Crippen LogP contribution is 2.39. The van der Waals surface area contributed by atoms with E-state index in [9.17, 15) is 0 Å². The lowest BCUT2D eigenvalue weighted by molar-refractivity contribution is 0.339. The molecule has 2 aromatic rings. The van der Waals surface area contributed by atoms with Gasteiger partial charge >= 0.3 is 0 Å². The van der Waals surface area contributed by atoms with E-state index in [2.05, 4.69) is 15.0 Å². The molecule has 0 saturated heterocycles. The first-order chi connectivity index (χ1) is 9.26. The third-order valence-corrected chi connectivity index (χ3v) is 3.03. The summed E-state index contributed by atoms with van der Waals surface area (Å²) in [5.74, 6) is 2.57. The van der Waals surface area contributed by atoms with Crippen molar-refractivity contribution in [2.24, 2.45) is 0 Å². The molecule has 19 heavy (non-hydrogen) atoms. The second-order valence-corrected chi connectivity index (χ2v) is 4.65. The summed E-state index contributed by atoms with van der Waals surface area (Å²) in [6.07, 6.45) is 5.76. The zero-order chi connectivity index (χ0) is 13.2. The van der Waals surface area contributed by atoms with E-state index in [4.69, 9.17) is 10.5 Å². The van der Waals surface area contributed by atoms with Crippen LogP contribution in [0.4, 0.5) is 5.82 Å². The molecule has 0 atom stereocenters. The number of hydrogen-bond acceptors (Lipinski definition) is 5. The van der Waals surface area contributed by atoms with Crippen LogP contribution in [0.5, 0.6) is 5.75 Å². The predicted octanol–water partition coefficient (Wildman–Crippen LogP) is 2.40. The molecule has 0 aromatic carbocycles. The smallest absolute Gasteiger partial charge is 0.138 e. The third-order valence-electron chi connectivity index (χ3n) is 3.03. The van der Waals surface area contributed by atoms with Crippen LogP contribution in [0.1, 0.15) is 31.5 Å². The molecule has 0 unspecified atom stereocenters. The Balaban J connectivity index is 1.98. The van der Waals surface area contributed by atoms with Gasteiger partial charge in [0.2, 0.25) is 0 Å². The van der Waals surface area contributed by atoms with Crippen LogP contribution in [0.2, 0.25) is 0 Å². The van der Waals surface area contributed by atoms with Gasteiger partial charge in [0.1, 0.15) is 17.4 Å². The zero-order valence-electron chi connectivity index (χ0n) is 10.8. The zero-order valence-corrected chi connectivity index (χ0v) is 10.8. The van der Waals surface area contributed by atoms with Crippen LogP contribution in [0.25, 0.3) is 11.3 Å². The summed E-state index contributed by atoms with van der Waals surface area (Å²) in [6.45, 7) is 2.56. The maximum Gasteiger partial charge on any atom is 0.138 e. The lowest BCUT2D eigenvalue weighted by Gasteiger charge is -2.07. The van der Waals surface area contributed by atoms with Gasteiger partial charge in [-0.2, -0.15) is 0 Å². The molecule has 1 fully saturated rings. The molecule has 1 saturated carbocycles. The fourth-order valence-electron chi connectivity index (χ4n) is 1.96. The van der Waals surface area contributed by atoms with Gasteiger partial charge in [-0.3, -0.25) is 4.98 Å².